The van der Waals surface area contributed by atoms with E-state index in [0.717, 1.165) is 38.3 Å². The van der Waals surface area contributed by atoms with Crippen LogP contribution in [0.15, 0.2) is 6.07 Å². The zero-order valence-electron chi connectivity index (χ0n) is 10.7. The van der Waals surface area contributed by atoms with E-state index in [9.17, 15) is 0 Å². The third-order valence-electron chi connectivity index (χ3n) is 3.53. The highest BCUT2D eigenvalue weighted by Crippen LogP contribution is 2.29. The molecule has 4 nitrogen and oxygen atoms in total. The molecule has 1 aromatic heterocycles. The van der Waals surface area contributed by atoms with Crippen molar-refractivity contribution in [1.82, 2.24) is 15.1 Å². The predicted octanol–water partition coefficient (Wildman–Crippen LogP) is 2.70. The number of hydrogen-bond acceptors (Lipinski definition) is 4. The molecule has 0 N–H and O–H groups in total. The Hall–Kier alpha value is -0.580. The lowest BCUT2D eigenvalue weighted by Crippen LogP contribution is -2.37. The third kappa shape index (κ3) is 2.87. The van der Waals surface area contributed by atoms with Crippen LogP contribution in [0.4, 0.5) is 5.69 Å². The van der Waals surface area contributed by atoms with E-state index < -0.39 is 0 Å². The second-order valence-corrected chi connectivity index (χ2v) is 5.20. The maximum atomic E-state index is 6.08. The first kappa shape index (κ1) is 13.8. The minimum absolute atomic E-state index is 0.390. The summed E-state index contributed by atoms with van der Waals surface area (Å²) in [5.74, 6) is 0. The Bertz CT molecular complexity index is 409. The van der Waals surface area contributed by atoms with Crippen molar-refractivity contribution in [2.24, 2.45) is 0 Å². The van der Waals surface area contributed by atoms with Gasteiger partial charge in [-0.15, -0.1) is 10.2 Å². The van der Waals surface area contributed by atoms with E-state index in [4.69, 9.17) is 23.2 Å². The lowest BCUT2D eigenvalue weighted by Gasteiger charge is -2.26. The van der Waals surface area contributed by atoms with Crippen molar-refractivity contribution in [2.75, 3.05) is 31.1 Å². The maximum absolute atomic E-state index is 6.08. The van der Waals surface area contributed by atoms with Gasteiger partial charge in [-0.2, -0.15) is 0 Å². The van der Waals surface area contributed by atoms with Crippen molar-refractivity contribution in [2.45, 2.75) is 26.3 Å². The summed E-state index contributed by atoms with van der Waals surface area (Å²) >= 11 is 12.0. The van der Waals surface area contributed by atoms with Gasteiger partial charge in [-0.25, -0.2) is 0 Å². The van der Waals surface area contributed by atoms with Gasteiger partial charge >= 0.3 is 0 Å². The van der Waals surface area contributed by atoms with Crippen LogP contribution in [0.3, 0.4) is 0 Å². The Balaban J connectivity index is 2.10. The molecular formula is C12H18Cl2N4. The summed E-state index contributed by atoms with van der Waals surface area (Å²) < 4.78 is 0. The van der Waals surface area contributed by atoms with Gasteiger partial charge in [0.15, 0.2) is 10.3 Å². The fraction of sp³-hybridized carbons (Fsp3) is 0.667. The normalized spacial score (nSPS) is 19.8. The summed E-state index contributed by atoms with van der Waals surface area (Å²) in [6.07, 6.45) is 1.15. The van der Waals surface area contributed by atoms with Gasteiger partial charge in [0.25, 0.3) is 0 Å². The van der Waals surface area contributed by atoms with Gasteiger partial charge in [0, 0.05) is 25.2 Å². The molecule has 0 aromatic carbocycles. The highest BCUT2D eigenvalue weighted by molar-refractivity contribution is 6.33. The largest absolute Gasteiger partial charge is 0.367 e. The lowest BCUT2D eigenvalue weighted by atomic mass is 10.2. The standard InChI is InChI=1S/C12H18Cl2N4/c1-3-17(4-2)9-5-6-18(8-9)10-7-11(13)15-16-12(10)14/h7,9H,3-6,8H2,1-2H3. The van der Waals surface area contributed by atoms with Crippen molar-refractivity contribution < 1.29 is 0 Å². The molecule has 1 saturated heterocycles. The van der Waals surface area contributed by atoms with Crippen LogP contribution in [-0.2, 0) is 0 Å². The topological polar surface area (TPSA) is 32.3 Å². The summed E-state index contributed by atoms with van der Waals surface area (Å²) in [5.41, 5.74) is 0.895. The van der Waals surface area contributed by atoms with Crippen molar-refractivity contribution in [3.8, 4) is 0 Å². The Morgan fingerprint density at radius 2 is 2.06 bits per heavy atom. The van der Waals surface area contributed by atoms with E-state index in [0.29, 0.717) is 16.3 Å². The molecule has 1 atom stereocenters. The average Bonchev–Trinajstić information content (AvgIpc) is 2.83. The Kier molecular flexibility index (Phi) is 4.65. The Labute approximate surface area is 118 Å². The van der Waals surface area contributed by atoms with Crippen LogP contribution in [0, 0.1) is 0 Å². The average molecular weight is 289 g/mol. The second kappa shape index (κ2) is 6.04. The van der Waals surface area contributed by atoms with E-state index in [1.807, 2.05) is 0 Å². The lowest BCUT2D eigenvalue weighted by molar-refractivity contribution is 0.232. The zero-order chi connectivity index (χ0) is 13.1. The highest BCUT2D eigenvalue weighted by atomic mass is 35.5. The molecule has 1 fully saturated rings. The summed E-state index contributed by atoms with van der Waals surface area (Å²) in [7, 11) is 0. The van der Waals surface area contributed by atoms with Crippen LogP contribution in [0.2, 0.25) is 10.3 Å². The first-order valence-corrected chi connectivity index (χ1v) is 7.09. The monoisotopic (exact) mass is 288 g/mol. The molecule has 0 radical (unpaired) electrons. The van der Waals surface area contributed by atoms with Gasteiger partial charge in [-0.05, 0) is 19.5 Å². The minimum atomic E-state index is 0.390. The summed E-state index contributed by atoms with van der Waals surface area (Å²) in [5, 5.41) is 8.43. The molecule has 0 saturated carbocycles. The summed E-state index contributed by atoms with van der Waals surface area (Å²) in [6.45, 7) is 8.52. The number of likely N-dealkylation sites (N-methyl/N-ethyl adjacent to an activating group) is 1. The number of nitrogens with zero attached hydrogens (tertiary/aromatic N) is 4. The molecule has 1 aliphatic heterocycles. The quantitative estimate of drug-likeness (QED) is 0.853. The Morgan fingerprint density at radius 3 is 2.72 bits per heavy atom. The summed E-state index contributed by atoms with van der Waals surface area (Å²) in [6, 6.07) is 2.38. The van der Waals surface area contributed by atoms with E-state index >= 15 is 0 Å². The van der Waals surface area contributed by atoms with Crippen LogP contribution in [0.1, 0.15) is 20.3 Å². The van der Waals surface area contributed by atoms with Gasteiger partial charge in [-0.3, -0.25) is 4.90 Å². The number of anilines is 1. The SMILES string of the molecule is CCN(CC)C1CCN(c2cc(Cl)nnc2Cl)C1. The zero-order valence-corrected chi connectivity index (χ0v) is 12.2. The number of aromatic nitrogens is 2. The van der Waals surface area contributed by atoms with Crippen molar-refractivity contribution in [3.63, 3.8) is 0 Å². The molecular weight excluding hydrogens is 271 g/mol. The highest BCUT2D eigenvalue weighted by Gasteiger charge is 2.27. The number of halogens is 2. The first-order valence-electron chi connectivity index (χ1n) is 6.33. The second-order valence-electron chi connectivity index (χ2n) is 4.45. The number of rotatable bonds is 4. The van der Waals surface area contributed by atoms with Crippen LogP contribution in [-0.4, -0.2) is 47.3 Å². The molecule has 6 heteroatoms. The van der Waals surface area contributed by atoms with Gasteiger partial charge in [0.1, 0.15) is 0 Å². The molecule has 1 aromatic rings. The summed E-state index contributed by atoms with van der Waals surface area (Å²) in [4.78, 5) is 4.72. The molecule has 0 amide bonds. The molecule has 0 bridgehead atoms. The van der Waals surface area contributed by atoms with Gasteiger partial charge in [0.05, 0.1) is 5.69 Å². The third-order valence-corrected chi connectivity index (χ3v) is 3.99. The van der Waals surface area contributed by atoms with E-state index in [1.54, 1.807) is 6.07 Å². The van der Waals surface area contributed by atoms with E-state index in [2.05, 4.69) is 33.8 Å². The van der Waals surface area contributed by atoms with Gasteiger partial charge in [0.2, 0.25) is 0 Å². The molecule has 2 rings (SSSR count). The van der Waals surface area contributed by atoms with Crippen molar-refractivity contribution in [1.29, 1.82) is 0 Å². The minimum Gasteiger partial charge on any atom is -0.367 e. The molecule has 18 heavy (non-hydrogen) atoms. The molecule has 2 heterocycles. The molecule has 0 aliphatic carbocycles. The van der Waals surface area contributed by atoms with Gasteiger partial charge < -0.3 is 4.90 Å². The van der Waals surface area contributed by atoms with E-state index in [1.165, 1.54) is 0 Å². The van der Waals surface area contributed by atoms with E-state index in [-0.39, 0.29) is 0 Å². The van der Waals surface area contributed by atoms with Crippen LogP contribution in [0.5, 0.6) is 0 Å². The van der Waals surface area contributed by atoms with Gasteiger partial charge in [-0.1, -0.05) is 37.0 Å². The van der Waals surface area contributed by atoms with Crippen LogP contribution < -0.4 is 4.90 Å². The van der Waals surface area contributed by atoms with Crippen molar-refractivity contribution in [3.05, 3.63) is 16.4 Å². The van der Waals surface area contributed by atoms with Crippen LogP contribution in [0.25, 0.3) is 0 Å². The smallest absolute Gasteiger partial charge is 0.175 e. The van der Waals surface area contributed by atoms with Crippen LogP contribution >= 0.6 is 23.2 Å². The van der Waals surface area contributed by atoms with Crippen molar-refractivity contribution >= 4 is 28.9 Å². The molecule has 100 valence electrons. The molecule has 1 aliphatic rings. The Morgan fingerprint density at radius 1 is 1.33 bits per heavy atom. The fourth-order valence-corrected chi connectivity index (χ4v) is 2.92. The predicted molar refractivity (Wildman–Crippen MR) is 75.6 cm³/mol. The molecule has 1 unspecified atom stereocenters. The molecule has 0 spiro atoms. The number of hydrogen-bond donors (Lipinski definition) is 0. The first-order chi connectivity index (χ1) is 8.65. The maximum Gasteiger partial charge on any atom is 0.175 e. The fourth-order valence-electron chi connectivity index (χ4n) is 2.56.